The first-order valence-corrected chi connectivity index (χ1v) is 7.15. The maximum absolute atomic E-state index is 11.3. The molecule has 0 heterocycles. The van der Waals surface area contributed by atoms with Gasteiger partial charge in [-0.15, -0.1) is 0 Å². The molecule has 0 bridgehead atoms. The Kier molecular flexibility index (Phi) is 5.57. The van der Waals surface area contributed by atoms with Crippen molar-refractivity contribution >= 4 is 16.1 Å². The van der Waals surface area contributed by atoms with Gasteiger partial charge in [0.15, 0.2) is 0 Å². The molecule has 6 nitrogen and oxygen atoms in total. The molecule has 7 heteroatoms. The van der Waals surface area contributed by atoms with Crippen molar-refractivity contribution in [3.63, 3.8) is 0 Å². The molecule has 0 fully saturated rings. The van der Waals surface area contributed by atoms with E-state index in [9.17, 15) is 23.4 Å². The molecular weight excluding hydrogens is 248 g/mol. The third kappa shape index (κ3) is 3.93. The first kappa shape index (κ1) is 16.3. The molecule has 2 unspecified atom stereocenters. The Hall–Kier alpha value is -0.660. The topological polar surface area (TPSA) is 101 Å². The molecule has 0 aliphatic rings. The van der Waals surface area contributed by atoms with Crippen LogP contribution in [0.1, 0.15) is 27.2 Å². The highest BCUT2D eigenvalue weighted by Crippen LogP contribution is 2.36. The number of aliphatic hydroxyl groups is 1. The summed E-state index contributed by atoms with van der Waals surface area (Å²) in [6.07, 6.45) is -0.336. The summed E-state index contributed by atoms with van der Waals surface area (Å²) in [4.78, 5) is 11.3. The number of aliphatic carboxylic acids is 1. The van der Waals surface area contributed by atoms with E-state index in [1.807, 2.05) is 0 Å². The van der Waals surface area contributed by atoms with E-state index in [2.05, 4.69) is 4.18 Å². The SMILES string of the molecule is CCC(C(=O)O)(C(C)C)C(O)COS(C)(=O)=O. The molecule has 2 N–H and O–H groups in total. The van der Waals surface area contributed by atoms with Crippen LogP contribution in [0.3, 0.4) is 0 Å². The fourth-order valence-electron chi connectivity index (χ4n) is 1.91. The molecule has 0 aromatic rings. The minimum absolute atomic E-state index is 0.189. The molecule has 0 aliphatic carbocycles. The summed E-state index contributed by atoms with van der Waals surface area (Å²) in [5.41, 5.74) is -1.40. The van der Waals surface area contributed by atoms with Crippen molar-refractivity contribution in [1.29, 1.82) is 0 Å². The molecule has 0 rings (SSSR count). The highest BCUT2D eigenvalue weighted by molar-refractivity contribution is 7.85. The van der Waals surface area contributed by atoms with E-state index >= 15 is 0 Å². The number of carboxylic acids is 1. The lowest BCUT2D eigenvalue weighted by Gasteiger charge is -2.36. The quantitative estimate of drug-likeness (QED) is 0.650. The predicted octanol–water partition coefficient (Wildman–Crippen LogP) is 0.461. The summed E-state index contributed by atoms with van der Waals surface area (Å²) in [5, 5.41) is 19.1. The fraction of sp³-hybridized carbons (Fsp3) is 0.900. The number of aliphatic hydroxyl groups excluding tert-OH is 1. The van der Waals surface area contributed by atoms with Gasteiger partial charge in [-0.05, 0) is 12.3 Å². The second kappa shape index (κ2) is 5.79. The molecule has 0 radical (unpaired) electrons. The summed E-state index contributed by atoms with van der Waals surface area (Å²) in [5.74, 6) is -1.50. The summed E-state index contributed by atoms with van der Waals surface area (Å²) < 4.78 is 26.1. The molecule has 0 saturated heterocycles. The average Bonchev–Trinajstić information content (AvgIpc) is 2.14. The van der Waals surface area contributed by atoms with E-state index in [-0.39, 0.29) is 12.3 Å². The zero-order valence-corrected chi connectivity index (χ0v) is 11.3. The summed E-state index contributed by atoms with van der Waals surface area (Å²) >= 11 is 0. The van der Waals surface area contributed by atoms with Gasteiger partial charge in [0, 0.05) is 0 Å². The van der Waals surface area contributed by atoms with E-state index < -0.39 is 34.2 Å². The van der Waals surface area contributed by atoms with E-state index in [1.54, 1.807) is 20.8 Å². The summed E-state index contributed by atoms with van der Waals surface area (Å²) in [6.45, 7) is 4.43. The third-order valence-corrected chi connectivity index (χ3v) is 3.61. The van der Waals surface area contributed by atoms with Gasteiger partial charge in [0.2, 0.25) is 0 Å². The first-order chi connectivity index (χ1) is 7.58. The van der Waals surface area contributed by atoms with Gasteiger partial charge in [-0.2, -0.15) is 8.42 Å². The monoisotopic (exact) mass is 268 g/mol. The van der Waals surface area contributed by atoms with Crippen molar-refractivity contribution in [2.24, 2.45) is 11.3 Å². The van der Waals surface area contributed by atoms with Gasteiger partial charge >= 0.3 is 5.97 Å². The second-order valence-electron chi connectivity index (χ2n) is 4.36. The molecular formula is C10H20O6S. The molecule has 0 aliphatic heterocycles. The fourth-order valence-corrected chi connectivity index (χ4v) is 2.28. The van der Waals surface area contributed by atoms with Crippen LogP contribution in [-0.4, -0.2) is 43.6 Å². The molecule has 0 spiro atoms. The lowest BCUT2D eigenvalue weighted by atomic mass is 9.71. The van der Waals surface area contributed by atoms with Crippen LogP contribution in [0.4, 0.5) is 0 Å². The zero-order valence-electron chi connectivity index (χ0n) is 10.5. The standard InChI is InChI=1S/C10H20O6S/c1-5-10(7(2)3,9(12)13)8(11)6-16-17(4,14)15/h7-8,11H,5-6H2,1-4H3,(H,12,13). The van der Waals surface area contributed by atoms with Crippen LogP contribution < -0.4 is 0 Å². The zero-order chi connectivity index (χ0) is 13.9. The summed E-state index contributed by atoms with van der Waals surface area (Å²) in [7, 11) is -3.69. The number of hydrogen-bond donors (Lipinski definition) is 2. The highest BCUT2D eigenvalue weighted by atomic mass is 32.2. The second-order valence-corrected chi connectivity index (χ2v) is 6.00. The Balaban J connectivity index is 5.01. The normalized spacial score (nSPS) is 17.8. The van der Waals surface area contributed by atoms with E-state index in [0.29, 0.717) is 0 Å². The van der Waals surface area contributed by atoms with Gasteiger partial charge in [0.05, 0.1) is 24.4 Å². The lowest BCUT2D eigenvalue weighted by molar-refractivity contribution is -0.163. The van der Waals surface area contributed by atoms with Crippen LogP contribution in [0.25, 0.3) is 0 Å². The van der Waals surface area contributed by atoms with Crippen LogP contribution in [0.15, 0.2) is 0 Å². The Bertz CT molecular complexity index is 361. The molecule has 0 saturated carbocycles. The lowest BCUT2D eigenvalue weighted by Crippen LogP contribution is -2.48. The van der Waals surface area contributed by atoms with Crippen LogP contribution in [0, 0.1) is 11.3 Å². The molecule has 17 heavy (non-hydrogen) atoms. The third-order valence-electron chi connectivity index (χ3n) is 3.05. The molecule has 2 atom stereocenters. The summed E-state index contributed by atoms with van der Waals surface area (Å²) in [6, 6.07) is 0. The largest absolute Gasteiger partial charge is 0.481 e. The van der Waals surface area contributed by atoms with Crippen LogP contribution >= 0.6 is 0 Å². The number of carboxylic acid groups (broad SMARTS) is 1. The van der Waals surface area contributed by atoms with Crippen molar-refractivity contribution < 1.29 is 27.6 Å². The molecule has 0 aromatic carbocycles. The van der Waals surface area contributed by atoms with Crippen LogP contribution in [0.5, 0.6) is 0 Å². The predicted molar refractivity (Wildman–Crippen MR) is 62.0 cm³/mol. The van der Waals surface area contributed by atoms with Gasteiger partial charge in [0.25, 0.3) is 10.1 Å². The van der Waals surface area contributed by atoms with Gasteiger partial charge in [-0.1, -0.05) is 20.8 Å². The molecule has 0 aromatic heterocycles. The molecule has 0 amide bonds. The van der Waals surface area contributed by atoms with Gasteiger partial charge < -0.3 is 10.2 Å². The minimum atomic E-state index is -3.69. The minimum Gasteiger partial charge on any atom is -0.481 e. The Morgan fingerprint density at radius 2 is 1.88 bits per heavy atom. The van der Waals surface area contributed by atoms with Crippen molar-refractivity contribution in [3.8, 4) is 0 Å². The highest BCUT2D eigenvalue weighted by Gasteiger charge is 2.47. The van der Waals surface area contributed by atoms with Crippen LogP contribution in [-0.2, 0) is 19.1 Å². The van der Waals surface area contributed by atoms with E-state index in [4.69, 9.17) is 0 Å². The van der Waals surface area contributed by atoms with E-state index in [0.717, 1.165) is 6.26 Å². The van der Waals surface area contributed by atoms with Gasteiger partial charge in [-0.25, -0.2) is 0 Å². The van der Waals surface area contributed by atoms with Gasteiger partial charge in [-0.3, -0.25) is 8.98 Å². The smallest absolute Gasteiger partial charge is 0.312 e. The van der Waals surface area contributed by atoms with Gasteiger partial charge in [0.1, 0.15) is 0 Å². The Labute approximate surface area is 102 Å². The first-order valence-electron chi connectivity index (χ1n) is 5.33. The van der Waals surface area contributed by atoms with Crippen molar-refractivity contribution in [3.05, 3.63) is 0 Å². The number of rotatable bonds is 7. The maximum Gasteiger partial charge on any atom is 0.312 e. The van der Waals surface area contributed by atoms with Crippen molar-refractivity contribution in [1.82, 2.24) is 0 Å². The molecule has 102 valence electrons. The Morgan fingerprint density at radius 1 is 1.41 bits per heavy atom. The number of carbonyl (C=O) groups is 1. The van der Waals surface area contributed by atoms with Crippen molar-refractivity contribution in [2.75, 3.05) is 12.9 Å². The maximum atomic E-state index is 11.3. The van der Waals surface area contributed by atoms with E-state index in [1.165, 1.54) is 0 Å². The van der Waals surface area contributed by atoms with Crippen LogP contribution in [0.2, 0.25) is 0 Å². The Morgan fingerprint density at radius 3 is 2.12 bits per heavy atom. The average molecular weight is 268 g/mol. The van der Waals surface area contributed by atoms with Crippen molar-refractivity contribution in [2.45, 2.75) is 33.3 Å². The number of hydrogen-bond acceptors (Lipinski definition) is 5.